The Morgan fingerprint density at radius 1 is 1.50 bits per heavy atom. The highest BCUT2D eigenvalue weighted by molar-refractivity contribution is 4.88. The Kier molecular flexibility index (Phi) is 4.29. The number of nitrogens with one attached hydrogen (secondary N) is 1. The van der Waals surface area contributed by atoms with Gasteiger partial charge < -0.3 is 10.1 Å². The van der Waals surface area contributed by atoms with E-state index in [1.54, 1.807) is 0 Å². The molecule has 1 unspecified atom stereocenters. The zero-order chi connectivity index (χ0) is 13.0. The lowest BCUT2D eigenvalue weighted by atomic mass is 9.94. The largest absolute Gasteiger partial charge is 0.375 e. The topological polar surface area (TPSA) is 64.9 Å². The molecule has 2 heterocycles. The molecule has 18 heavy (non-hydrogen) atoms. The molecule has 102 valence electrons. The molecule has 1 saturated heterocycles. The van der Waals surface area contributed by atoms with E-state index in [1.165, 1.54) is 0 Å². The van der Waals surface area contributed by atoms with Crippen molar-refractivity contribution < 1.29 is 4.74 Å². The highest BCUT2D eigenvalue weighted by Gasteiger charge is 2.31. The second kappa shape index (κ2) is 5.75. The first-order chi connectivity index (χ1) is 8.62. The van der Waals surface area contributed by atoms with Crippen LogP contribution in [0.15, 0.2) is 0 Å². The van der Waals surface area contributed by atoms with Gasteiger partial charge in [0.15, 0.2) is 5.82 Å². The quantitative estimate of drug-likeness (QED) is 0.801. The van der Waals surface area contributed by atoms with Crippen molar-refractivity contribution in [1.82, 2.24) is 25.5 Å². The molecule has 0 spiro atoms. The van der Waals surface area contributed by atoms with Crippen LogP contribution in [0.5, 0.6) is 0 Å². The third kappa shape index (κ3) is 3.26. The van der Waals surface area contributed by atoms with Crippen LogP contribution in [0.25, 0.3) is 0 Å². The summed E-state index contributed by atoms with van der Waals surface area (Å²) in [6.07, 6.45) is 3.06. The molecule has 0 radical (unpaired) electrons. The van der Waals surface area contributed by atoms with Crippen LogP contribution in [0.2, 0.25) is 0 Å². The van der Waals surface area contributed by atoms with Crippen LogP contribution in [0.3, 0.4) is 0 Å². The van der Waals surface area contributed by atoms with Gasteiger partial charge in [0, 0.05) is 6.61 Å². The van der Waals surface area contributed by atoms with E-state index in [-0.39, 0.29) is 5.60 Å². The first-order valence-corrected chi connectivity index (χ1v) is 6.74. The van der Waals surface area contributed by atoms with E-state index in [0.29, 0.717) is 6.04 Å². The summed E-state index contributed by atoms with van der Waals surface area (Å²) >= 11 is 0. The molecular weight excluding hydrogens is 230 g/mol. The van der Waals surface area contributed by atoms with Gasteiger partial charge in [-0.2, -0.15) is 0 Å². The normalized spacial score (nSPS) is 23.2. The molecule has 6 heteroatoms. The fraction of sp³-hybridized carbons (Fsp3) is 0.917. The molecule has 6 nitrogen and oxygen atoms in total. The van der Waals surface area contributed by atoms with Gasteiger partial charge in [-0.1, -0.05) is 6.92 Å². The van der Waals surface area contributed by atoms with Crippen molar-refractivity contribution in [2.24, 2.45) is 0 Å². The molecule has 0 bridgehead atoms. The molecule has 0 aliphatic carbocycles. The molecule has 2 rings (SSSR count). The molecule has 1 aromatic heterocycles. The minimum absolute atomic E-state index is 0.0804. The van der Waals surface area contributed by atoms with E-state index in [1.807, 2.05) is 4.68 Å². The number of aromatic nitrogens is 4. The molecule has 1 atom stereocenters. The van der Waals surface area contributed by atoms with E-state index in [4.69, 9.17) is 4.74 Å². The maximum Gasteiger partial charge on any atom is 0.165 e. The maximum absolute atomic E-state index is 5.73. The monoisotopic (exact) mass is 253 g/mol. The fourth-order valence-electron chi connectivity index (χ4n) is 2.40. The summed E-state index contributed by atoms with van der Waals surface area (Å²) < 4.78 is 7.70. The van der Waals surface area contributed by atoms with E-state index >= 15 is 0 Å². The molecule has 1 aliphatic heterocycles. The molecule has 1 aromatic rings. The Bertz CT molecular complexity index is 376. The summed E-state index contributed by atoms with van der Waals surface area (Å²) in [5.41, 5.74) is -0.0804. The van der Waals surface area contributed by atoms with Crippen molar-refractivity contribution in [2.75, 3.05) is 13.2 Å². The van der Waals surface area contributed by atoms with Crippen LogP contribution >= 0.6 is 0 Å². The number of hydrogen-bond acceptors (Lipinski definition) is 5. The predicted octanol–water partition coefficient (Wildman–Crippen LogP) is 1.30. The minimum Gasteiger partial charge on any atom is -0.375 e. The van der Waals surface area contributed by atoms with Crippen molar-refractivity contribution in [2.45, 2.75) is 58.2 Å². The van der Waals surface area contributed by atoms with Crippen molar-refractivity contribution in [3.8, 4) is 0 Å². The van der Waals surface area contributed by atoms with Crippen molar-refractivity contribution in [3.05, 3.63) is 5.82 Å². The van der Waals surface area contributed by atoms with Gasteiger partial charge in [-0.3, -0.25) is 0 Å². The number of rotatable bonds is 5. The van der Waals surface area contributed by atoms with E-state index < -0.39 is 0 Å². The highest BCUT2D eigenvalue weighted by atomic mass is 16.5. The summed E-state index contributed by atoms with van der Waals surface area (Å²) in [5, 5.41) is 15.4. The number of hydrogen-bond donors (Lipinski definition) is 1. The second-order valence-electron chi connectivity index (χ2n) is 5.47. The van der Waals surface area contributed by atoms with Gasteiger partial charge in [-0.15, -0.1) is 5.10 Å². The summed E-state index contributed by atoms with van der Waals surface area (Å²) in [7, 11) is 0. The maximum atomic E-state index is 5.73. The second-order valence-corrected chi connectivity index (χ2v) is 5.47. The van der Waals surface area contributed by atoms with Crippen LogP contribution < -0.4 is 5.32 Å². The fourth-order valence-corrected chi connectivity index (χ4v) is 2.40. The van der Waals surface area contributed by atoms with Gasteiger partial charge in [-0.25, -0.2) is 4.68 Å². The molecule has 0 saturated carbocycles. The smallest absolute Gasteiger partial charge is 0.165 e. The Morgan fingerprint density at radius 2 is 2.33 bits per heavy atom. The number of tetrazole rings is 1. The third-order valence-electron chi connectivity index (χ3n) is 3.29. The zero-order valence-electron chi connectivity index (χ0n) is 11.5. The molecule has 1 fully saturated rings. The van der Waals surface area contributed by atoms with Crippen LogP contribution in [-0.2, 0) is 11.3 Å². The summed E-state index contributed by atoms with van der Waals surface area (Å²) in [6, 6.07) is 0.349. The lowest BCUT2D eigenvalue weighted by molar-refractivity contribution is -0.0714. The molecular formula is C12H23N5O. The van der Waals surface area contributed by atoms with Crippen LogP contribution in [0.1, 0.15) is 51.9 Å². The van der Waals surface area contributed by atoms with Crippen molar-refractivity contribution in [3.63, 3.8) is 0 Å². The lowest BCUT2D eigenvalue weighted by Gasteiger charge is -2.35. The Balaban J connectivity index is 2.01. The van der Waals surface area contributed by atoms with Crippen LogP contribution in [-0.4, -0.2) is 39.0 Å². The Morgan fingerprint density at radius 3 is 3.06 bits per heavy atom. The molecule has 0 aromatic carbocycles. The van der Waals surface area contributed by atoms with Crippen molar-refractivity contribution in [1.29, 1.82) is 0 Å². The molecule has 1 N–H and O–H groups in total. The highest BCUT2D eigenvalue weighted by Crippen LogP contribution is 2.31. The van der Waals surface area contributed by atoms with E-state index in [2.05, 4.69) is 41.6 Å². The first kappa shape index (κ1) is 13.4. The summed E-state index contributed by atoms with van der Waals surface area (Å²) in [4.78, 5) is 0. The van der Waals surface area contributed by atoms with Gasteiger partial charge in [0.05, 0.1) is 18.2 Å². The summed E-state index contributed by atoms with van der Waals surface area (Å²) in [5.74, 6) is 0.922. The third-order valence-corrected chi connectivity index (χ3v) is 3.29. The molecule has 1 aliphatic rings. The SMILES string of the molecule is CCCNCc1nnnn1C1CCOC(C)(C)C1. The lowest BCUT2D eigenvalue weighted by Crippen LogP contribution is -2.36. The van der Waals surface area contributed by atoms with Crippen LogP contribution in [0.4, 0.5) is 0 Å². The first-order valence-electron chi connectivity index (χ1n) is 6.74. The van der Waals surface area contributed by atoms with E-state index in [0.717, 1.165) is 44.8 Å². The average molecular weight is 253 g/mol. The minimum atomic E-state index is -0.0804. The van der Waals surface area contributed by atoms with E-state index in [9.17, 15) is 0 Å². The Hall–Kier alpha value is -1.01. The average Bonchev–Trinajstić information content (AvgIpc) is 2.76. The van der Waals surface area contributed by atoms with Gasteiger partial charge in [0.1, 0.15) is 0 Å². The van der Waals surface area contributed by atoms with Crippen molar-refractivity contribution >= 4 is 0 Å². The Labute approximate surface area is 108 Å². The zero-order valence-corrected chi connectivity index (χ0v) is 11.5. The standard InChI is InChI=1S/C12H23N5O/c1-4-6-13-9-11-14-15-16-17(11)10-5-7-18-12(2,3)8-10/h10,13H,4-9H2,1-3H3. The number of nitrogens with zero attached hydrogens (tertiary/aromatic N) is 4. The van der Waals surface area contributed by atoms with Crippen LogP contribution in [0, 0.1) is 0 Å². The molecule has 0 amide bonds. The predicted molar refractivity (Wildman–Crippen MR) is 68.1 cm³/mol. The number of ether oxygens (including phenoxy) is 1. The van der Waals surface area contributed by atoms with Gasteiger partial charge in [0.25, 0.3) is 0 Å². The van der Waals surface area contributed by atoms with Gasteiger partial charge >= 0.3 is 0 Å². The summed E-state index contributed by atoms with van der Waals surface area (Å²) in [6.45, 7) is 8.90. The van der Waals surface area contributed by atoms with Gasteiger partial charge in [-0.05, 0) is 50.1 Å². The van der Waals surface area contributed by atoms with Gasteiger partial charge in [0.2, 0.25) is 0 Å².